The second-order valence-corrected chi connectivity index (χ2v) is 7.06. The van der Waals surface area contributed by atoms with Gasteiger partial charge in [0.25, 0.3) is 0 Å². The predicted molar refractivity (Wildman–Crippen MR) is 89.5 cm³/mol. The minimum Gasteiger partial charge on any atom is -0.493 e. The number of halogens is 1. The van der Waals surface area contributed by atoms with Crippen LogP contribution in [0.3, 0.4) is 0 Å². The van der Waals surface area contributed by atoms with Crippen molar-refractivity contribution in [1.29, 1.82) is 0 Å². The van der Waals surface area contributed by atoms with Crippen LogP contribution in [-0.4, -0.2) is 19.8 Å². The van der Waals surface area contributed by atoms with E-state index in [1.165, 1.54) is 0 Å². The number of benzene rings is 1. The molecule has 1 rings (SSSR count). The average Bonchev–Trinajstić information content (AvgIpc) is 2.39. The lowest BCUT2D eigenvalue weighted by Gasteiger charge is -2.21. The summed E-state index contributed by atoms with van der Waals surface area (Å²) in [6, 6.07) is 3.80. The minimum absolute atomic E-state index is 0.0955. The Morgan fingerprint density at radius 1 is 1.29 bits per heavy atom. The van der Waals surface area contributed by atoms with Gasteiger partial charge in [-0.15, -0.1) is 0 Å². The third-order valence-electron chi connectivity index (χ3n) is 3.42. The molecular weight excluding hydrogens is 286 g/mol. The highest BCUT2D eigenvalue weighted by Crippen LogP contribution is 2.36. The summed E-state index contributed by atoms with van der Waals surface area (Å²) >= 11 is 6.16. The van der Waals surface area contributed by atoms with E-state index < -0.39 is 0 Å². The van der Waals surface area contributed by atoms with Crippen LogP contribution in [0.5, 0.6) is 11.5 Å². The van der Waals surface area contributed by atoms with Gasteiger partial charge < -0.3 is 15.2 Å². The van der Waals surface area contributed by atoms with Crippen molar-refractivity contribution in [3.63, 3.8) is 0 Å². The summed E-state index contributed by atoms with van der Waals surface area (Å²) in [5.41, 5.74) is 7.33. The van der Waals surface area contributed by atoms with E-state index in [-0.39, 0.29) is 11.5 Å². The maximum atomic E-state index is 6.16. The van der Waals surface area contributed by atoms with E-state index >= 15 is 0 Å². The molecule has 1 atom stereocenters. The normalized spacial score (nSPS) is 13.1. The molecule has 3 nitrogen and oxygen atoms in total. The molecule has 0 amide bonds. The Kier molecular flexibility index (Phi) is 6.82. The van der Waals surface area contributed by atoms with Crippen molar-refractivity contribution in [2.45, 2.75) is 53.0 Å². The highest BCUT2D eigenvalue weighted by Gasteiger charge is 2.17. The fourth-order valence-corrected chi connectivity index (χ4v) is 2.21. The summed E-state index contributed by atoms with van der Waals surface area (Å²) in [6.45, 7) is 9.32. The minimum atomic E-state index is 0.0955. The highest BCUT2D eigenvalue weighted by atomic mass is 35.5. The van der Waals surface area contributed by atoms with Gasteiger partial charge in [-0.2, -0.15) is 0 Å². The molecule has 0 aromatic heterocycles. The van der Waals surface area contributed by atoms with Crippen LogP contribution in [0.25, 0.3) is 0 Å². The van der Waals surface area contributed by atoms with Crippen LogP contribution >= 0.6 is 11.6 Å². The van der Waals surface area contributed by atoms with E-state index in [1.54, 1.807) is 13.2 Å². The second-order valence-electron chi connectivity index (χ2n) is 6.63. The number of hydrogen-bond donors (Lipinski definition) is 1. The lowest BCUT2D eigenvalue weighted by molar-refractivity contribution is 0.232. The van der Waals surface area contributed by atoms with Crippen LogP contribution in [-0.2, 0) is 6.42 Å². The molecule has 0 radical (unpaired) electrons. The van der Waals surface area contributed by atoms with Gasteiger partial charge >= 0.3 is 0 Å². The van der Waals surface area contributed by atoms with Gasteiger partial charge in [0.2, 0.25) is 0 Å². The molecule has 0 bridgehead atoms. The number of rotatable bonds is 7. The molecule has 0 aliphatic heterocycles. The van der Waals surface area contributed by atoms with Crippen LogP contribution in [0, 0.1) is 5.41 Å². The van der Waals surface area contributed by atoms with Crippen molar-refractivity contribution < 1.29 is 9.47 Å². The highest BCUT2D eigenvalue weighted by molar-refractivity contribution is 6.30. The van der Waals surface area contributed by atoms with Gasteiger partial charge in [-0.3, -0.25) is 0 Å². The van der Waals surface area contributed by atoms with Crippen LogP contribution in [0.4, 0.5) is 0 Å². The maximum Gasteiger partial charge on any atom is 0.164 e. The van der Waals surface area contributed by atoms with Gasteiger partial charge in [0.15, 0.2) is 11.5 Å². The first kappa shape index (κ1) is 18.1. The first-order valence-electron chi connectivity index (χ1n) is 7.51. The molecule has 1 aromatic rings. The summed E-state index contributed by atoms with van der Waals surface area (Å²) < 4.78 is 11.4. The van der Waals surface area contributed by atoms with E-state index in [9.17, 15) is 0 Å². The van der Waals surface area contributed by atoms with Crippen molar-refractivity contribution in [1.82, 2.24) is 0 Å². The maximum absolute atomic E-state index is 6.16. The second kappa shape index (κ2) is 7.90. The molecule has 0 saturated heterocycles. The number of ether oxygens (including phenoxy) is 2. The molecule has 0 heterocycles. The fourth-order valence-electron chi connectivity index (χ4n) is 1.98. The van der Waals surface area contributed by atoms with Crippen molar-refractivity contribution in [3.05, 3.63) is 22.7 Å². The number of methoxy groups -OCH3 is 1. The van der Waals surface area contributed by atoms with Gasteiger partial charge in [0.05, 0.1) is 13.7 Å². The molecule has 0 saturated carbocycles. The molecule has 0 spiro atoms. The van der Waals surface area contributed by atoms with Crippen LogP contribution in [0.2, 0.25) is 5.02 Å². The smallest absolute Gasteiger partial charge is 0.164 e. The van der Waals surface area contributed by atoms with E-state index in [4.69, 9.17) is 26.8 Å². The topological polar surface area (TPSA) is 44.5 Å². The van der Waals surface area contributed by atoms with Gasteiger partial charge in [-0.05, 0) is 30.7 Å². The van der Waals surface area contributed by atoms with Gasteiger partial charge in [0, 0.05) is 22.7 Å². The van der Waals surface area contributed by atoms with E-state index in [2.05, 4.69) is 27.7 Å². The van der Waals surface area contributed by atoms with Crippen LogP contribution in [0.15, 0.2) is 12.1 Å². The van der Waals surface area contributed by atoms with Crippen molar-refractivity contribution in [2.75, 3.05) is 13.7 Å². The third-order valence-corrected chi connectivity index (χ3v) is 3.64. The van der Waals surface area contributed by atoms with Crippen LogP contribution in [0.1, 0.15) is 46.1 Å². The summed E-state index contributed by atoms with van der Waals surface area (Å²) in [5.74, 6) is 1.45. The average molecular weight is 314 g/mol. The summed E-state index contributed by atoms with van der Waals surface area (Å²) in [4.78, 5) is 0. The first-order chi connectivity index (χ1) is 9.76. The van der Waals surface area contributed by atoms with Crippen molar-refractivity contribution in [2.24, 2.45) is 11.1 Å². The fraction of sp³-hybridized carbons (Fsp3) is 0.647. The molecular formula is C17H28ClNO2. The Morgan fingerprint density at radius 2 is 1.95 bits per heavy atom. The molecule has 2 N–H and O–H groups in total. The van der Waals surface area contributed by atoms with E-state index in [0.29, 0.717) is 17.4 Å². The molecule has 21 heavy (non-hydrogen) atoms. The first-order valence-corrected chi connectivity index (χ1v) is 7.89. The van der Waals surface area contributed by atoms with Crippen LogP contribution < -0.4 is 15.2 Å². The molecule has 1 aromatic carbocycles. The zero-order valence-electron chi connectivity index (χ0n) is 13.8. The quantitative estimate of drug-likeness (QED) is 0.809. The Morgan fingerprint density at radius 3 is 2.48 bits per heavy atom. The summed E-state index contributed by atoms with van der Waals surface area (Å²) in [5, 5.41) is 0.647. The molecule has 0 aliphatic carbocycles. The summed E-state index contributed by atoms with van der Waals surface area (Å²) in [6.07, 6.45) is 2.62. The Bertz CT molecular complexity index is 455. The lowest BCUT2D eigenvalue weighted by atomic mass is 9.93. The zero-order valence-corrected chi connectivity index (χ0v) is 14.6. The molecule has 0 aliphatic rings. The standard InChI is InChI=1S/C17H28ClNO2/c1-6-14(19)10-12-9-13(18)11-15(20-5)16(12)21-8-7-17(2,3)4/h9,11,14H,6-8,10,19H2,1-5H3. The Labute approximate surface area is 133 Å². The van der Waals surface area contributed by atoms with Gasteiger partial charge in [0.1, 0.15) is 0 Å². The van der Waals surface area contributed by atoms with Gasteiger partial charge in [-0.1, -0.05) is 39.3 Å². The predicted octanol–water partition coefficient (Wildman–Crippen LogP) is 4.44. The van der Waals surface area contributed by atoms with E-state index in [1.807, 2.05) is 6.07 Å². The van der Waals surface area contributed by atoms with E-state index in [0.717, 1.165) is 30.6 Å². The molecule has 1 unspecified atom stereocenters. The summed E-state index contributed by atoms with van der Waals surface area (Å²) in [7, 11) is 1.63. The Hall–Kier alpha value is -0.930. The Balaban J connectivity index is 2.96. The monoisotopic (exact) mass is 313 g/mol. The number of nitrogens with two attached hydrogens (primary N) is 1. The number of hydrogen-bond acceptors (Lipinski definition) is 3. The van der Waals surface area contributed by atoms with Gasteiger partial charge in [-0.25, -0.2) is 0 Å². The molecule has 0 fully saturated rings. The molecule has 4 heteroatoms. The molecule has 120 valence electrons. The largest absolute Gasteiger partial charge is 0.493 e. The zero-order chi connectivity index (χ0) is 16.0. The van der Waals surface area contributed by atoms with Crippen molar-refractivity contribution >= 4 is 11.6 Å². The lowest BCUT2D eigenvalue weighted by Crippen LogP contribution is -2.22. The third kappa shape index (κ3) is 6.15. The SMILES string of the molecule is CCC(N)Cc1cc(Cl)cc(OC)c1OCCC(C)(C)C. The van der Waals surface area contributed by atoms with Crippen molar-refractivity contribution in [3.8, 4) is 11.5 Å².